The molecule has 3 aromatic rings. The quantitative estimate of drug-likeness (QED) is 0.527. The number of alkyl halides is 3. The van der Waals surface area contributed by atoms with E-state index in [9.17, 15) is 13.2 Å². The minimum absolute atomic E-state index is 0.0815. The number of rotatable bonds is 2. The fourth-order valence-electron chi connectivity index (χ4n) is 1.50. The molecule has 0 aromatic carbocycles. The average Bonchev–Trinajstić information content (AvgIpc) is 3.04. The summed E-state index contributed by atoms with van der Waals surface area (Å²) in [5.74, 6) is 0.547. The van der Waals surface area contributed by atoms with Gasteiger partial charge in [-0.3, -0.25) is 0 Å². The Morgan fingerprint density at radius 1 is 1.16 bits per heavy atom. The molecule has 11 heteroatoms. The van der Waals surface area contributed by atoms with Gasteiger partial charge in [0.25, 0.3) is 5.89 Å². The molecule has 0 aliphatic rings. The van der Waals surface area contributed by atoms with Crippen LogP contribution in [0.25, 0.3) is 11.6 Å². The van der Waals surface area contributed by atoms with Crippen molar-refractivity contribution in [2.75, 3.05) is 5.73 Å². The summed E-state index contributed by atoms with van der Waals surface area (Å²) in [6.07, 6.45) is -2.63. The number of aromatic nitrogens is 4. The van der Waals surface area contributed by atoms with E-state index in [0.717, 1.165) is 18.3 Å². The number of hydrogen-bond acceptors (Lipinski definition) is 7. The van der Waals surface area contributed by atoms with Crippen LogP contribution >= 0.6 is 11.6 Å². The molecule has 0 spiro atoms. The summed E-state index contributed by atoms with van der Waals surface area (Å²) < 4.78 is 40.4. The second kappa shape index (κ2) is 7.71. The van der Waals surface area contributed by atoms with Gasteiger partial charge in [-0.25, -0.2) is 9.97 Å². The molecule has 3 aromatic heterocycles. The molecule has 7 nitrogen and oxygen atoms in total. The van der Waals surface area contributed by atoms with Crippen LogP contribution in [0.1, 0.15) is 11.4 Å². The van der Waals surface area contributed by atoms with Crippen LogP contribution in [0.4, 0.5) is 19.0 Å². The van der Waals surface area contributed by atoms with E-state index in [1.165, 1.54) is 0 Å². The number of nitrogen functional groups attached to an aromatic ring is 1. The smallest absolute Gasteiger partial charge is 0.384 e. The van der Waals surface area contributed by atoms with Crippen LogP contribution in [0.15, 0.2) is 41.1 Å². The van der Waals surface area contributed by atoms with Crippen LogP contribution in [-0.2, 0) is 6.18 Å². The zero-order valence-electron chi connectivity index (χ0n) is 12.3. The minimum Gasteiger partial charge on any atom is -0.384 e. The fraction of sp³-hybridized carbons (Fsp3) is 0.0714. The van der Waals surface area contributed by atoms with Crippen LogP contribution in [0.2, 0.25) is 5.15 Å². The molecule has 0 saturated carbocycles. The Morgan fingerprint density at radius 3 is 2.44 bits per heavy atom. The highest BCUT2D eigenvalue weighted by Gasteiger charge is 2.30. The lowest BCUT2D eigenvalue weighted by molar-refractivity contribution is -0.137. The predicted octanol–water partition coefficient (Wildman–Crippen LogP) is 3.47. The summed E-state index contributed by atoms with van der Waals surface area (Å²) in [4.78, 5) is 11.2. The van der Waals surface area contributed by atoms with E-state index in [4.69, 9.17) is 27.3 Å². The summed E-state index contributed by atoms with van der Waals surface area (Å²) in [6, 6.07) is 7.09. The molecule has 0 bridgehead atoms. The molecular formula is C14H10ClF3N6O. The first-order chi connectivity index (χ1) is 11.8. The number of nitrogens with one attached hydrogen (secondary N) is 1. The van der Waals surface area contributed by atoms with Crippen molar-refractivity contribution >= 4 is 23.6 Å². The van der Waals surface area contributed by atoms with E-state index in [1.807, 2.05) is 0 Å². The Hall–Kier alpha value is -3.01. The van der Waals surface area contributed by atoms with E-state index in [1.54, 1.807) is 18.2 Å². The maximum atomic E-state index is 11.8. The molecule has 3 rings (SSSR count). The largest absolute Gasteiger partial charge is 0.417 e. The normalized spacial score (nSPS) is 10.7. The summed E-state index contributed by atoms with van der Waals surface area (Å²) in [6.45, 7) is 0. The van der Waals surface area contributed by atoms with E-state index in [0.29, 0.717) is 17.0 Å². The van der Waals surface area contributed by atoms with Crippen molar-refractivity contribution in [2.45, 2.75) is 6.18 Å². The van der Waals surface area contributed by atoms with Gasteiger partial charge < -0.3 is 15.7 Å². The molecule has 25 heavy (non-hydrogen) atoms. The summed E-state index contributed by atoms with van der Waals surface area (Å²) in [7, 11) is 0. The van der Waals surface area contributed by atoms with Gasteiger partial charge in [-0.1, -0.05) is 22.8 Å². The van der Waals surface area contributed by atoms with Crippen LogP contribution in [-0.4, -0.2) is 26.3 Å². The number of nitrogens with two attached hydrogens (primary N) is 1. The highest BCUT2D eigenvalue weighted by molar-refractivity contribution is 6.29. The third-order valence-corrected chi connectivity index (χ3v) is 2.83. The van der Waals surface area contributed by atoms with Crippen molar-refractivity contribution < 1.29 is 17.7 Å². The Kier molecular flexibility index (Phi) is 5.65. The molecule has 0 fully saturated rings. The van der Waals surface area contributed by atoms with Crippen LogP contribution in [0.3, 0.4) is 0 Å². The topological polar surface area (TPSA) is 115 Å². The van der Waals surface area contributed by atoms with Gasteiger partial charge in [0.2, 0.25) is 5.82 Å². The lowest BCUT2D eigenvalue weighted by atomic mass is 10.3. The van der Waals surface area contributed by atoms with Crippen molar-refractivity contribution in [1.82, 2.24) is 20.1 Å². The first-order valence-electron chi connectivity index (χ1n) is 6.55. The first-order valence-corrected chi connectivity index (χ1v) is 6.93. The number of halogens is 4. The van der Waals surface area contributed by atoms with Crippen LogP contribution < -0.4 is 5.73 Å². The summed E-state index contributed by atoms with van der Waals surface area (Å²) in [5, 5.41) is 10.8. The van der Waals surface area contributed by atoms with E-state index in [2.05, 4.69) is 20.1 Å². The molecule has 0 saturated heterocycles. The zero-order chi connectivity index (χ0) is 18.4. The summed E-state index contributed by atoms with van der Waals surface area (Å²) >= 11 is 5.69. The second-order valence-electron chi connectivity index (χ2n) is 4.42. The van der Waals surface area contributed by atoms with Gasteiger partial charge in [-0.15, -0.1) is 0 Å². The van der Waals surface area contributed by atoms with Gasteiger partial charge in [0, 0.05) is 6.20 Å². The van der Waals surface area contributed by atoms with Crippen molar-refractivity contribution in [3.8, 4) is 11.6 Å². The third-order valence-electron chi connectivity index (χ3n) is 2.62. The van der Waals surface area contributed by atoms with E-state index >= 15 is 0 Å². The number of pyridine rings is 2. The molecule has 0 aliphatic carbocycles. The zero-order valence-corrected chi connectivity index (χ0v) is 13.1. The van der Waals surface area contributed by atoms with Crippen molar-refractivity contribution in [3.05, 3.63) is 53.1 Å². The van der Waals surface area contributed by atoms with E-state index in [-0.39, 0.29) is 17.5 Å². The minimum atomic E-state index is -4.33. The van der Waals surface area contributed by atoms with Crippen LogP contribution in [0.5, 0.6) is 0 Å². The third kappa shape index (κ3) is 5.24. The molecule has 130 valence electrons. The molecule has 0 atom stereocenters. The highest BCUT2D eigenvalue weighted by Crippen LogP contribution is 2.28. The molecule has 3 heterocycles. The van der Waals surface area contributed by atoms with Gasteiger partial charge in [-0.2, -0.15) is 18.2 Å². The molecule has 3 N–H and O–H groups in total. The average molecular weight is 371 g/mol. The number of anilines is 1. The maximum absolute atomic E-state index is 11.8. The lowest BCUT2D eigenvalue weighted by Gasteiger charge is -2.04. The Balaban J connectivity index is 0.000000186. The van der Waals surface area contributed by atoms with Gasteiger partial charge >= 0.3 is 6.18 Å². The lowest BCUT2D eigenvalue weighted by Crippen LogP contribution is -2.05. The van der Waals surface area contributed by atoms with Crippen molar-refractivity contribution in [1.29, 1.82) is 5.41 Å². The van der Waals surface area contributed by atoms with Crippen molar-refractivity contribution in [2.24, 2.45) is 0 Å². The van der Waals surface area contributed by atoms with Gasteiger partial charge in [0.15, 0.2) is 0 Å². The van der Waals surface area contributed by atoms with E-state index < -0.39 is 11.7 Å². The monoisotopic (exact) mass is 370 g/mol. The van der Waals surface area contributed by atoms with Gasteiger partial charge in [0.1, 0.15) is 16.7 Å². The summed E-state index contributed by atoms with van der Waals surface area (Å²) in [5.41, 5.74) is 4.80. The number of hydrogen-bond donors (Lipinski definition) is 2. The maximum Gasteiger partial charge on any atom is 0.417 e. The molecule has 0 unspecified atom stereocenters. The fourth-order valence-corrected chi connectivity index (χ4v) is 1.66. The first kappa shape index (κ1) is 18.3. The molecular weight excluding hydrogens is 361 g/mol. The molecule has 0 radical (unpaired) electrons. The Labute approximate surface area is 144 Å². The SMILES string of the molecule is N=Cc1noc(-c2cccc(Cl)n2)n1.Nc1ccc(C(F)(F)F)cn1. The van der Waals surface area contributed by atoms with Crippen LogP contribution in [0, 0.1) is 5.41 Å². The van der Waals surface area contributed by atoms with Gasteiger partial charge in [-0.05, 0) is 24.3 Å². The van der Waals surface area contributed by atoms with Gasteiger partial charge in [0.05, 0.1) is 11.8 Å². The Bertz CT molecular complexity index is 850. The molecule has 0 aliphatic heterocycles. The Morgan fingerprint density at radius 2 is 1.92 bits per heavy atom. The second-order valence-corrected chi connectivity index (χ2v) is 4.80. The highest BCUT2D eigenvalue weighted by atomic mass is 35.5. The predicted molar refractivity (Wildman–Crippen MR) is 84.1 cm³/mol. The van der Waals surface area contributed by atoms with Crippen molar-refractivity contribution in [3.63, 3.8) is 0 Å². The standard InChI is InChI=1S/C8H5ClN4O.C6H5F3N2/c9-6-3-1-2-5(11-6)8-12-7(4-10)13-14-8;7-6(8,9)4-1-2-5(10)11-3-4/h1-4,10H;1-3H,(H2,10,11). The molecule has 0 amide bonds. The number of nitrogens with zero attached hydrogens (tertiary/aromatic N) is 4.